The van der Waals surface area contributed by atoms with Crippen molar-refractivity contribution in [2.24, 2.45) is 0 Å². The number of hydrogen-bond donors (Lipinski definition) is 1. The number of ether oxygens (including phenoxy) is 2. The zero-order valence-corrected chi connectivity index (χ0v) is 13.4. The van der Waals surface area contributed by atoms with Crippen LogP contribution in [-0.4, -0.2) is 12.0 Å². The van der Waals surface area contributed by atoms with E-state index in [-0.39, 0.29) is 0 Å². The van der Waals surface area contributed by atoms with Gasteiger partial charge in [-0.2, -0.15) is 0 Å². The highest BCUT2D eigenvalue weighted by Crippen LogP contribution is 2.43. The molecule has 2 aliphatic heterocycles. The molecule has 4 rings (SSSR count). The van der Waals surface area contributed by atoms with Crippen molar-refractivity contribution in [3.8, 4) is 11.5 Å². The summed E-state index contributed by atoms with van der Waals surface area (Å²) in [6.45, 7) is 3.50. The fraction of sp³-hybridized carbons (Fsp3) is 0.375. The lowest BCUT2D eigenvalue weighted by molar-refractivity contribution is 0.174. The van der Waals surface area contributed by atoms with E-state index in [0.717, 1.165) is 18.0 Å². The third-order valence-electron chi connectivity index (χ3n) is 3.90. The average molecular weight is 319 g/mol. The summed E-state index contributed by atoms with van der Waals surface area (Å²) in [5, 5.41) is 6.57. The number of rotatable bonds is 3. The maximum absolute atomic E-state index is 5.44. The summed E-state index contributed by atoms with van der Waals surface area (Å²) in [4.78, 5) is 0. The minimum Gasteiger partial charge on any atom is -0.454 e. The Morgan fingerprint density at radius 2 is 2.14 bits per heavy atom. The topological polar surface area (TPSA) is 30.5 Å². The van der Waals surface area contributed by atoms with E-state index < -0.39 is 0 Å². The lowest BCUT2D eigenvalue weighted by Crippen LogP contribution is -2.26. The Kier molecular flexibility index (Phi) is 3.57. The van der Waals surface area contributed by atoms with Crippen molar-refractivity contribution in [2.75, 3.05) is 6.79 Å². The second-order valence-electron chi connectivity index (χ2n) is 5.45. The number of fused-ring (bicyclic) bond motifs is 2. The van der Waals surface area contributed by atoms with Crippen LogP contribution in [0.1, 0.15) is 30.5 Å². The highest BCUT2D eigenvalue weighted by Gasteiger charge is 2.26. The number of nitrogens with one attached hydrogen (secondary N) is 1. The van der Waals surface area contributed by atoms with Crippen LogP contribution in [0.15, 0.2) is 33.9 Å². The standard InChI is InChI=1S/C16H17NO2S2/c1-10-6-13(12-4-5-20-16(12)21-10)17-8-11-2-3-14-15(7-11)19-9-18-14/h2-5,7,10,13,17H,6,8-9H2,1H3/t10-,13?/m0/s1. The van der Waals surface area contributed by atoms with E-state index in [2.05, 4.69) is 35.8 Å². The van der Waals surface area contributed by atoms with E-state index in [4.69, 9.17) is 9.47 Å². The van der Waals surface area contributed by atoms with Crippen molar-refractivity contribution in [1.82, 2.24) is 5.32 Å². The molecule has 0 spiro atoms. The summed E-state index contributed by atoms with van der Waals surface area (Å²) in [5.41, 5.74) is 2.70. The monoisotopic (exact) mass is 319 g/mol. The molecule has 1 unspecified atom stereocenters. The Balaban J connectivity index is 1.48. The molecule has 5 heteroatoms. The van der Waals surface area contributed by atoms with Gasteiger partial charge in [0.1, 0.15) is 0 Å². The third-order valence-corrected chi connectivity index (χ3v) is 6.24. The van der Waals surface area contributed by atoms with E-state index >= 15 is 0 Å². The zero-order chi connectivity index (χ0) is 14.2. The van der Waals surface area contributed by atoms with Gasteiger partial charge < -0.3 is 14.8 Å². The van der Waals surface area contributed by atoms with E-state index in [1.165, 1.54) is 21.8 Å². The Morgan fingerprint density at radius 1 is 1.24 bits per heavy atom. The minimum atomic E-state index is 0.335. The fourth-order valence-corrected chi connectivity index (χ4v) is 5.40. The highest BCUT2D eigenvalue weighted by atomic mass is 32.2. The predicted molar refractivity (Wildman–Crippen MR) is 86.4 cm³/mol. The molecule has 0 saturated heterocycles. The number of thiophene rings is 1. The molecule has 1 aromatic heterocycles. The van der Waals surface area contributed by atoms with E-state index in [0.29, 0.717) is 18.1 Å². The first-order valence-electron chi connectivity index (χ1n) is 7.15. The van der Waals surface area contributed by atoms with Crippen LogP contribution in [0.25, 0.3) is 0 Å². The van der Waals surface area contributed by atoms with Gasteiger partial charge in [-0.25, -0.2) is 0 Å². The molecule has 1 N–H and O–H groups in total. The van der Waals surface area contributed by atoms with E-state index in [1.54, 1.807) is 0 Å². The van der Waals surface area contributed by atoms with Crippen molar-refractivity contribution in [3.05, 3.63) is 40.8 Å². The normalized spacial score (nSPS) is 23.1. The number of thioether (sulfide) groups is 1. The van der Waals surface area contributed by atoms with Crippen LogP contribution >= 0.6 is 23.1 Å². The molecule has 1 aromatic carbocycles. The number of hydrogen-bond acceptors (Lipinski definition) is 5. The van der Waals surface area contributed by atoms with Crippen LogP contribution in [0.4, 0.5) is 0 Å². The molecule has 0 fully saturated rings. The first-order chi connectivity index (χ1) is 10.3. The predicted octanol–water partition coefficient (Wildman–Crippen LogP) is 4.19. The highest BCUT2D eigenvalue weighted by molar-refractivity contribution is 8.01. The lowest BCUT2D eigenvalue weighted by Gasteiger charge is -2.27. The Bertz CT molecular complexity index is 655. The van der Waals surface area contributed by atoms with Crippen molar-refractivity contribution in [1.29, 1.82) is 0 Å². The molecular weight excluding hydrogens is 302 g/mol. The second kappa shape index (κ2) is 5.55. The van der Waals surface area contributed by atoms with Gasteiger partial charge in [0.05, 0.1) is 4.21 Å². The van der Waals surface area contributed by atoms with Crippen molar-refractivity contribution < 1.29 is 9.47 Å². The van der Waals surface area contributed by atoms with Gasteiger partial charge >= 0.3 is 0 Å². The van der Waals surface area contributed by atoms with Crippen LogP contribution in [0.2, 0.25) is 0 Å². The van der Waals surface area contributed by atoms with Crippen molar-refractivity contribution >= 4 is 23.1 Å². The van der Waals surface area contributed by atoms with Crippen LogP contribution in [0.3, 0.4) is 0 Å². The lowest BCUT2D eigenvalue weighted by atomic mass is 10.0. The van der Waals surface area contributed by atoms with Crippen LogP contribution in [0, 0.1) is 0 Å². The molecule has 0 aliphatic carbocycles. The molecule has 2 atom stereocenters. The van der Waals surface area contributed by atoms with Gasteiger partial charge in [0, 0.05) is 17.8 Å². The molecule has 0 saturated carbocycles. The third kappa shape index (κ3) is 2.65. The van der Waals surface area contributed by atoms with Gasteiger partial charge in [0.15, 0.2) is 11.5 Å². The van der Waals surface area contributed by atoms with Gasteiger partial charge in [-0.15, -0.1) is 23.1 Å². The zero-order valence-electron chi connectivity index (χ0n) is 11.8. The summed E-state index contributed by atoms with van der Waals surface area (Å²) >= 11 is 3.86. The first kappa shape index (κ1) is 13.5. The van der Waals surface area contributed by atoms with Gasteiger partial charge in [0.25, 0.3) is 0 Å². The van der Waals surface area contributed by atoms with Crippen molar-refractivity contribution in [2.45, 2.75) is 35.4 Å². The maximum Gasteiger partial charge on any atom is 0.231 e. The Hall–Kier alpha value is -1.17. The Morgan fingerprint density at radius 3 is 3.10 bits per heavy atom. The molecule has 3 nitrogen and oxygen atoms in total. The summed E-state index contributed by atoms with van der Waals surface area (Å²) in [5.74, 6) is 1.71. The van der Waals surface area contributed by atoms with Gasteiger partial charge in [-0.3, -0.25) is 0 Å². The molecule has 2 aliphatic rings. The summed E-state index contributed by atoms with van der Waals surface area (Å²) < 4.78 is 12.3. The molecule has 2 aromatic rings. The quantitative estimate of drug-likeness (QED) is 0.919. The fourth-order valence-electron chi connectivity index (χ4n) is 2.83. The average Bonchev–Trinajstić information content (AvgIpc) is 3.12. The molecule has 3 heterocycles. The smallest absolute Gasteiger partial charge is 0.231 e. The van der Waals surface area contributed by atoms with Crippen LogP contribution < -0.4 is 14.8 Å². The first-order valence-corrected chi connectivity index (χ1v) is 8.91. The van der Waals surface area contributed by atoms with Gasteiger partial charge in [-0.05, 0) is 41.1 Å². The largest absolute Gasteiger partial charge is 0.454 e. The molecule has 110 valence electrons. The van der Waals surface area contributed by atoms with E-state index in [1.807, 2.05) is 29.2 Å². The summed E-state index contributed by atoms with van der Waals surface area (Å²) in [7, 11) is 0. The molecule has 0 amide bonds. The van der Waals surface area contributed by atoms with Crippen LogP contribution in [0.5, 0.6) is 11.5 Å². The summed E-state index contributed by atoms with van der Waals surface area (Å²) in [6, 6.07) is 8.89. The maximum atomic E-state index is 5.44. The molecule has 21 heavy (non-hydrogen) atoms. The molecule has 0 bridgehead atoms. The summed E-state index contributed by atoms with van der Waals surface area (Å²) in [6.07, 6.45) is 1.18. The van der Waals surface area contributed by atoms with Crippen molar-refractivity contribution in [3.63, 3.8) is 0 Å². The SMILES string of the molecule is C[C@H]1CC(NCc2ccc3c(c2)OCO3)c2ccsc2S1. The molecular formula is C16H17NO2S2. The van der Waals surface area contributed by atoms with Gasteiger partial charge in [-0.1, -0.05) is 13.0 Å². The molecule has 0 radical (unpaired) electrons. The van der Waals surface area contributed by atoms with Gasteiger partial charge in [0.2, 0.25) is 6.79 Å². The minimum absolute atomic E-state index is 0.335. The van der Waals surface area contributed by atoms with E-state index in [9.17, 15) is 0 Å². The second-order valence-corrected chi connectivity index (χ2v) is 8.07. The van der Waals surface area contributed by atoms with Crippen LogP contribution in [-0.2, 0) is 6.54 Å². The number of benzene rings is 1. The Labute approximate surface area is 132 Å².